The number of esters is 1. The average molecular weight is 426 g/mol. The zero-order valence-corrected chi connectivity index (χ0v) is 17.5. The Kier molecular flexibility index (Phi) is 6.47. The summed E-state index contributed by atoms with van der Waals surface area (Å²) in [7, 11) is 0. The monoisotopic (exact) mass is 426 g/mol. The topological polar surface area (TPSA) is 98.9 Å². The highest BCUT2D eigenvalue weighted by Crippen LogP contribution is 2.24. The van der Waals surface area contributed by atoms with Crippen molar-refractivity contribution in [2.24, 2.45) is 5.73 Å². The maximum absolute atomic E-state index is 12.6. The SMILES string of the molecule is CC(C)OC(=O)COc1ccc(C(=O)CN2Cc3cc(C(N)=S)ccc3C2=O)cc1. The smallest absolute Gasteiger partial charge is 0.344 e. The lowest BCUT2D eigenvalue weighted by atomic mass is 10.1. The molecule has 30 heavy (non-hydrogen) atoms. The molecule has 2 aromatic rings. The molecule has 1 amide bonds. The molecule has 1 aliphatic heterocycles. The van der Waals surface area contributed by atoms with Gasteiger partial charge in [-0.25, -0.2) is 4.79 Å². The first-order chi connectivity index (χ1) is 14.2. The van der Waals surface area contributed by atoms with E-state index in [0.29, 0.717) is 29.0 Å². The summed E-state index contributed by atoms with van der Waals surface area (Å²) in [6.07, 6.45) is -0.209. The van der Waals surface area contributed by atoms with E-state index >= 15 is 0 Å². The van der Waals surface area contributed by atoms with Gasteiger partial charge in [-0.1, -0.05) is 18.3 Å². The Bertz CT molecular complexity index is 1000. The first-order valence-electron chi connectivity index (χ1n) is 9.42. The summed E-state index contributed by atoms with van der Waals surface area (Å²) in [5.74, 6) is -0.411. The number of hydrogen-bond acceptors (Lipinski definition) is 6. The second-order valence-corrected chi connectivity index (χ2v) is 7.61. The van der Waals surface area contributed by atoms with Gasteiger partial charge in [0.2, 0.25) is 0 Å². The third-order valence-electron chi connectivity index (χ3n) is 4.50. The number of hydrogen-bond donors (Lipinski definition) is 1. The van der Waals surface area contributed by atoms with Crippen LogP contribution in [0.4, 0.5) is 0 Å². The zero-order valence-electron chi connectivity index (χ0n) is 16.7. The quantitative estimate of drug-likeness (QED) is 0.393. The van der Waals surface area contributed by atoms with Gasteiger partial charge in [-0.2, -0.15) is 0 Å². The van der Waals surface area contributed by atoms with E-state index in [4.69, 9.17) is 27.4 Å². The molecule has 0 bridgehead atoms. The number of thiocarbonyl (C=S) groups is 1. The molecule has 1 heterocycles. The van der Waals surface area contributed by atoms with Crippen LogP contribution in [0, 0.1) is 0 Å². The van der Waals surface area contributed by atoms with Gasteiger partial charge in [0, 0.05) is 23.2 Å². The highest BCUT2D eigenvalue weighted by molar-refractivity contribution is 7.80. The molecule has 2 aromatic carbocycles. The van der Waals surface area contributed by atoms with Gasteiger partial charge < -0.3 is 20.1 Å². The predicted molar refractivity (Wildman–Crippen MR) is 115 cm³/mol. The van der Waals surface area contributed by atoms with Crippen LogP contribution in [0.2, 0.25) is 0 Å². The number of ether oxygens (including phenoxy) is 2. The lowest BCUT2D eigenvalue weighted by molar-refractivity contribution is -0.149. The second kappa shape index (κ2) is 9.04. The van der Waals surface area contributed by atoms with Crippen LogP contribution < -0.4 is 10.5 Å². The average Bonchev–Trinajstić information content (AvgIpc) is 3.01. The van der Waals surface area contributed by atoms with Crippen molar-refractivity contribution in [1.82, 2.24) is 4.90 Å². The minimum atomic E-state index is -0.462. The number of fused-ring (bicyclic) bond motifs is 1. The van der Waals surface area contributed by atoms with Crippen molar-refractivity contribution in [3.63, 3.8) is 0 Å². The number of nitrogens with zero attached hydrogens (tertiary/aromatic N) is 1. The molecule has 0 aliphatic carbocycles. The molecular formula is C22H22N2O5S. The van der Waals surface area contributed by atoms with Crippen molar-refractivity contribution < 1.29 is 23.9 Å². The molecule has 0 aromatic heterocycles. The Balaban J connectivity index is 1.59. The normalized spacial score (nSPS) is 12.6. The van der Waals surface area contributed by atoms with E-state index in [1.807, 2.05) is 0 Å². The molecule has 0 fully saturated rings. The maximum Gasteiger partial charge on any atom is 0.344 e. The predicted octanol–water partition coefficient (Wildman–Crippen LogP) is 2.49. The Hall–Kier alpha value is -3.26. The molecule has 0 spiro atoms. The summed E-state index contributed by atoms with van der Waals surface area (Å²) >= 11 is 4.98. The van der Waals surface area contributed by atoms with Crippen molar-refractivity contribution in [3.8, 4) is 5.75 Å². The number of carbonyl (C=O) groups is 3. The molecular weight excluding hydrogens is 404 g/mol. The third kappa shape index (κ3) is 5.01. The van der Waals surface area contributed by atoms with Gasteiger partial charge in [-0.05, 0) is 55.8 Å². The fourth-order valence-corrected chi connectivity index (χ4v) is 3.23. The highest BCUT2D eigenvalue weighted by atomic mass is 32.1. The molecule has 0 radical (unpaired) electrons. The fraction of sp³-hybridized carbons (Fsp3) is 0.273. The van der Waals surface area contributed by atoms with E-state index in [0.717, 1.165) is 5.56 Å². The third-order valence-corrected chi connectivity index (χ3v) is 4.74. The number of rotatable bonds is 8. The molecule has 3 rings (SSSR count). The molecule has 0 saturated carbocycles. The Morgan fingerprint density at radius 1 is 1.13 bits per heavy atom. The van der Waals surface area contributed by atoms with Gasteiger partial charge >= 0.3 is 5.97 Å². The van der Waals surface area contributed by atoms with Crippen LogP contribution >= 0.6 is 12.2 Å². The van der Waals surface area contributed by atoms with E-state index in [9.17, 15) is 14.4 Å². The molecule has 2 N–H and O–H groups in total. The van der Waals surface area contributed by atoms with Crippen molar-refractivity contribution in [2.45, 2.75) is 26.5 Å². The first kappa shape index (κ1) is 21.4. The molecule has 0 unspecified atom stereocenters. The largest absolute Gasteiger partial charge is 0.482 e. The number of Topliss-reactive ketones (excluding diaryl/α,β-unsaturated/α-hetero) is 1. The summed E-state index contributed by atoms with van der Waals surface area (Å²) in [4.78, 5) is 38.5. The minimum absolute atomic E-state index is 0.0448. The zero-order chi connectivity index (χ0) is 21.8. The van der Waals surface area contributed by atoms with Gasteiger partial charge in [-0.15, -0.1) is 0 Å². The number of carbonyl (C=O) groups excluding carboxylic acids is 3. The summed E-state index contributed by atoms with van der Waals surface area (Å²) in [6, 6.07) is 11.6. The molecule has 1 aliphatic rings. The van der Waals surface area contributed by atoms with Gasteiger partial charge in [0.15, 0.2) is 12.4 Å². The lowest BCUT2D eigenvalue weighted by Gasteiger charge is -2.14. The van der Waals surface area contributed by atoms with Gasteiger partial charge in [0.1, 0.15) is 10.7 Å². The number of ketones is 1. The summed E-state index contributed by atoms with van der Waals surface area (Å²) in [6.45, 7) is 3.59. The van der Waals surface area contributed by atoms with Gasteiger partial charge in [-0.3, -0.25) is 9.59 Å². The second-order valence-electron chi connectivity index (χ2n) is 7.17. The molecule has 0 saturated heterocycles. The van der Waals surface area contributed by atoms with E-state index in [2.05, 4.69) is 0 Å². The van der Waals surface area contributed by atoms with Crippen LogP contribution in [0.25, 0.3) is 0 Å². The van der Waals surface area contributed by atoms with Crippen LogP contribution in [0.1, 0.15) is 45.7 Å². The van der Waals surface area contributed by atoms with Crippen LogP contribution in [-0.4, -0.2) is 46.8 Å². The summed E-state index contributed by atoms with van der Waals surface area (Å²) in [5.41, 5.74) is 8.14. The maximum atomic E-state index is 12.6. The number of benzene rings is 2. The summed E-state index contributed by atoms with van der Waals surface area (Å²) < 4.78 is 10.4. The van der Waals surface area contributed by atoms with Gasteiger partial charge in [0.25, 0.3) is 5.91 Å². The van der Waals surface area contributed by atoms with Crippen LogP contribution in [0.15, 0.2) is 42.5 Å². The van der Waals surface area contributed by atoms with E-state index in [1.165, 1.54) is 4.90 Å². The van der Waals surface area contributed by atoms with Crippen molar-refractivity contribution in [1.29, 1.82) is 0 Å². The van der Waals surface area contributed by atoms with E-state index in [-0.39, 0.29) is 35.9 Å². The van der Waals surface area contributed by atoms with E-state index < -0.39 is 5.97 Å². The molecule has 8 heteroatoms. The summed E-state index contributed by atoms with van der Waals surface area (Å²) in [5, 5.41) is 0. The fourth-order valence-electron chi connectivity index (χ4n) is 3.10. The van der Waals surface area contributed by atoms with Crippen molar-refractivity contribution >= 4 is 34.9 Å². The van der Waals surface area contributed by atoms with Crippen molar-refractivity contribution in [2.75, 3.05) is 13.2 Å². The molecule has 7 nitrogen and oxygen atoms in total. The Morgan fingerprint density at radius 2 is 1.80 bits per heavy atom. The van der Waals surface area contributed by atoms with Gasteiger partial charge in [0.05, 0.1) is 12.6 Å². The highest BCUT2D eigenvalue weighted by Gasteiger charge is 2.29. The lowest BCUT2D eigenvalue weighted by Crippen LogP contribution is -2.30. The first-order valence-corrected chi connectivity index (χ1v) is 9.83. The van der Waals surface area contributed by atoms with Crippen LogP contribution in [-0.2, 0) is 16.1 Å². The van der Waals surface area contributed by atoms with Crippen LogP contribution in [0.3, 0.4) is 0 Å². The molecule has 156 valence electrons. The molecule has 0 atom stereocenters. The van der Waals surface area contributed by atoms with E-state index in [1.54, 1.807) is 56.3 Å². The Morgan fingerprint density at radius 3 is 2.43 bits per heavy atom. The Labute approximate surface area is 179 Å². The standard InChI is InChI=1S/C22H22N2O5S/c1-13(2)29-20(26)12-28-17-6-3-14(4-7-17)19(25)11-24-10-16-9-15(21(23)30)5-8-18(16)22(24)27/h3-9,13H,10-12H2,1-2H3,(H2,23,30). The minimum Gasteiger partial charge on any atom is -0.482 e. The number of amides is 1. The van der Waals surface area contributed by atoms with Crippen LogP contribution in [0.5, 0.6) is 5.75 Å². The number of nitrogens with two attached hydrogens (primary N) is 1. The van der Waals surface area contributed by atoms with Crippen molar-refractivity contribution in [3.05, 3.63) is 64.7 Å².